The number of piperidine rings is 1. The molecule has 22 heavy (non-hydrogen) atoms. The summed E-state index contributed by atoms with van der Waals surface area (Å²) < 4.78 is 5.38. The molecule has 1 aromatic carbocycles. The predicted molar refractivity (Wildman–Crippen MR) is 81.7 cm³/mol. The number of hydrogen-bond donors (Lipinski definition) is 3. The monoisotopic (exact) mass is 302 g/mol. The average Bonchev–Trinajstić information content (AvgIpc) is 2.83. The fraction of sp³-hybridized carbons (Fsp3) is 0.588. The Kier molecular flexibility index (Phi) is 2.84. The summed E-state index contributed by atoms with van der Waals surface area (Å²) in [7, 11) is 1.65. The van der Waals surface area contributed by atoms with Crippen LogP contribution in [0.25, 0.3) is 0 Å². The summed E-state index contributed by atoms with van der Waals surface area (Å²) in [6.45, 7) is 0.856. The molecule has 1 aromatic rings. The normalized spacial score (nSPS) is 39.0. The first-order chi connectivity index (χ1) is 10.5. The van der Waals surface area contributed by atoms with Crippen LogP contribution in [0.15, 0.2) is 18.2 Å². The molecule has 118 valence electrons. The van der Waals surface area contributed by atoms with Crippen molar-refractivity contribution in [2.75, 3.05) is 13.7 Å². The Morgan fingerprint density at radius 2 is 2.27 bits per heavy atom. The van der Waals surface area contributed by atoms with E-state index in [9.17, 15) is 9.90 Å². The number of carbonyl (C=O) groups excluding carboxylic acids is 1. The molecule has 4 rings (SSSR count). The molecule has 1 aliphatic heterocycles. The zero-order chi connectivity index (χ0) is 15.5. The van der Waals surface area contributed by atoms with Crippen molar-refractivity contribution >= 4 is 5.91 Å². The average molecular weight is 302 g/mol. The summed E-state index contributed by atoms with van der Waals surface area (Å²) in [5.74, 6) is 0.242. The second-order valence-corrected chi connectivity index (χ2v) is 7.00. The fourth-order valence-corrected chi connectivity index (χ4v) is 5.11. The number of aliphatic hydroxyl groups is 1. The number of nitrogens with two attached hydrogens (primary N) is 1. The van der Waals surface area contributed by atoms with E-state index in [4.69, 9.17) is 10.5 Å². The molecule has 4 N–H and O–H groups in total. The number of rotatable bonds is 2. The summed E-state index contributed by atoms with van der Waals surface area (Å²) in [6, 6.07) is 6.10. The van der Waals surface area contributed by atoms with Gasteiger partial charge in [0.2, 0.25) is 5.91 Å². The van der Waals surface area contributed by atoms with Crippen LogP contribution in [0.1, 0.15) is 30.4 Å². The van der Waals surface area contributed by atoms with Gasteiger partial charge in [0, 0.05) is 17.4 Å². The van der Waals surface area contributed by atoms with E-state index in [1.54, 1.807) is 7.11 Å². The third kappa shape index (κ3) is 1.58. The summed E-state index contributed by atoms with van der Waals surface area (Å²) in [6.07, 6.45) is 2.70. The molecule has 1 amide bonds. The predicted octanol–water partition coefficient (Wildman–Crippen LogP) is 0.477. The number of carbonyl (C=O) groups is 1. The van der Waals surface area contributed by atoms with E-state index in [0.29, 0.717) is 12.8 Å². The first-order valence-electron chi connectivity index (χ1n) is 7.93. The summed E-state index contributed by atoms with van der Waals surface area (Å²) in [5, 5.41) is 15.0. The van der Waals surface area contributed by atoms with Gasteiger partial charge in [-0.3, -0.25) is 4.79 Å². The zero-order valence-corrected chi connectivity index (χ0v) is 12.8. The lowest BCUT2D eigenvalue weighted by Crippen LogP contribution is -2.68. The number of amides is 1. The van der Waals surface area contributed by atoms with E-state index in [1.165, 1.54) is 5.56 Å². The number of nitrogens with one attached hydrogen (secondary N) is 1. The molecule has 1 heterocycles. The number of primary amides is 1. The number of benzene rings is 1. The highest BCUT2D eigenvalue weighted by Crippen LogP contribution is 2.59. The van der Waals surface area contributed by atoms with Crippen LogP contribution in [0.4, 0.5) is 0 Å². The van der Waals surface area contributed by atoms with Crippen molar-refractivity contribution in [1.82, 2.24) is 5.32 Å². The number of fused-ring (bicyclic) bond motifs is 1. The highest BCUT2D eigenvalue weighted by Gasteiger charge is 2.66. The molecule has 2 aliphatic carbocycles. The highest BCUT2D eigenvalue weighted by atomic mass is 16.5. The van der Waals surface area contributed by atoms with Crippen molar-refractivity contribution in [3.8, 4) is 5.75 Å². The quantitative estimate of drug-likeness (QED) is 0.742. The molecule has 1 saturated carbocycles. The standard InChI is InChI=1S/C17H22N2O3/c1-22-12-3-2-10-6-14-17(21)9-11(15(18)20)8-16(17,4-5-19-14)13(10)7-12/h2-3,7,11,14,19,21H,4-6,8-9H2,1H3,(H2,18,20)/t11?,14-,16?,17-/m1/s1. The number of methoxy groups -OCH3 is 1. The molecule has 3 aliphatic rings. The van der Waals surface area contributed by atoms with Crippen molar-refractivity contribution in [3.63, 3.8) is 0 Å². The van der Waals surface area contributed by atoms with Crippen LogP contribution in [-0.2, 0) is 16.6 Å². The molecule has 4 atom stereocenters. The molecule has 5 heteroatoms. The maximum Gasteiger partial charge on any atom is 0.220 e. The summed E-state index contributed by atoms with van der Waals surface area (Å²) in [4.78, 5) is 11.8. The third-order valence-corrected chi connectivity index (χ3v) is 6.16. The van der Waals surface area contributed by atoms with E-state index in [1.807, 2.05) is 12.1 Å². The van der Waals surface area contributed by atoms with Gasteiger partial charge in [0.05, 0.1) is 12.7 Å². The van der Waals surface area contributed by atoms with E-state index < -0.39 is 5.60 Å². The van der Waals surface area contributed by atoms with Crippen LogP contribution in [0, 0.1) is 5.92 Å². The van der Waals surface area contributed by atoms with Gasteiger partial charge in [0.1, 0.15) is 5.75 Å². The van der Waals surface area contributed by atoms with E-state index in [-0.39, 0.29) is 23.3 Å². The van der Waals surface area contributed by atoms with Gasteiger partial charge in [0.15, 0.2) is 0 Å². The Hall–Kier alpha value is -1.59. The Morgan fingerprint density at radius 3 is 3.00 bits per heavy atom. The van der Waals surface area contributed by atoms with Crippen LogP contribution in [0.2, 0.25) is 0 Å². The fourth-order valence-electron chi connectivity index (χ4n) is 5.11. The minimum Gasteiger partial charge on any atom is -0.497 e. The minimum atomic E-state index is -0.899. The van der Waals surface area contributed by atoms with Crippen LogP contribution in [0.5, 0.6) is 5.75 Å². The lowest BCUT2D eigenvalue weighted by Gasteiger charge is -2.55. The molecule has 1 saturated heterocycles. The second kappa shape index (κ2) is 4.46. The van der Waals surface area contributed by atoms with E-state index >= 15 is 0 Å². The van der Waals surface area contributed by atoms with E-state index in [0.717, 1.165) is 30.7 Å². The van der Waals surface area contributed by atoms with Crippen LogP contribution >= 0.6 is 0 Å². The molecule has 2 unspecified atom stereocenters. The van der Waals surface area contributed by atoms with Gasteiger partial charge in [-0.05, 0) is 55.5 Å². The lowest BCUT2D eigenvalue weighted by molar-refractivity contribution is -0.122. The van der Waals surface area contributed by atoms with Crippen molar-refractivity contribution < 1.29 is 14.6 Å². The maximum absolute atomic E-state index is 11.8. The molecule has 2 bridgehead atoms. The van der Waals surface area contributed by atoms with Gasteiger partial charge < -0.3 is 20.9 Å². The minimum absolute atomic E-state index is 0.00788. The Labute approximate surface area is 129 Å². The van der Waals surface area contributed by atoms with Crippen LogP contribution in [-0.4, -0.2) is 36.3 Å². The largest absolute Gasteiger partial charge is 0.497 e. The van der Waals surface area contributed by atoms with Crippen LogP contribution in [0.3, 0.4) is 0 Å². The summed E-state index contributed by atoms with van der Waals surface area (Å²) in [5.41, 5.74) is 6.68. The first-order valence-corrected chi connectivity index (χ1v) is 7.93. The topological polar surface area (TPSA) is 84.6 Å². The first kappa shape index (κ1) is 14.0. The SMILES string of the molecule is COc1ccc2c(c1)C13CCN[C@H](C2)[C@]1(O)CC(C(N)=O)C3. The molecule has 5 nitrogen and oxygen atoms in total. The van der Waals surface area contributed by atoms with Gasteiger partial charge >= 0.3 is 0 Å². The van der Waals surface area contributed by atoms with Gasteiger partial charge in [0.25, 0.3) is 0 Å². The Morgan fingerprint density at radius 1 is 1.45 bits per heavy atom. The highest BCUT2D eigenvalue weighted by molar-refractivity contribution is 5.78. The lowest BCUT2D eigenvalue weighted by atomic mass is 9.57. The van der Waals surface area contributed by atoms with Crippen molar-refractivity contribution in [1.29, 1.82) is 0 Å². The Bertz CT molecular complexity index is 647. The van der Waals surface area contributed by atoms with Gasteiger partial charge in [-0.15, -0.1) is 0 Å². The number of hydrogen-bond acceptors (Lipinski definition) is 4. The maximum atomic E-state index is 11.8. The zero-order valence-electron chi connectivity index (χ0n) is 12.8. The van der Waals surface area contributed by atoms with Gasteiger partial charge in [-0.25, -0.2) is 0 Å². The molecular formula is C17H22N2O3. The molecule has 0 radical (unpaired) electrons. The Balaban J connectivity index is 1.91. The smallest absolute Gasteiger partial charge is 0.220 e. The third-order valence-electron chi connectivity index (χ3n) is 6.16. The van der Waals surface area contributed by atoms with Gasteiger partial charge in [-0.2, -0.15) is 0 Å². The van der Waals surface area contributed by atoms with Crippen molar-refractivity contribution in [3.05, 3.63) is 29.3 Å². The van der Waals surface area contributed by atoms with E-state index in [2.05, 4.69) is 11.4 Å². The summed E-state index contributed by atoms with van der Waals surface area (Å²) >= 11 is 0. The van der Waals surface area contributed by atoms with Gasteiger partial charge in [-0.1, -0.05) is 6.07 Å². The molecule has 0 aromatic heterocycles. The number of ether oxygens (including phenoxy) is 1. The molecule has 0 spiro atoms. The van der Waals surface area contributed by atoms with Crippen LogP contribution < -0.4 is 15.8 Å². The van der Waals surface area contributed by atoms with Crippen molar-refractivity contribution in [2.45, 2.75) is 42.7 Å². The van der Waals surface area contributed by atoms with Crippen molar-refractivity contribution in [2.24, 2.45) is 11.7 Å². The molecule has 2 fully saturated rings. The molecular weight excluding hydrogens is 280 g/mol. The second-order valence-electron chi connectivity index (χ2n) is 7.00.